The molecule has 0 fully saturated rings. The fraction of sp³-hybridized carbons (Fsp3) is 0.545. The van der Waals surface area contributed by atoms with Gasteiger partial charge in [0.2, 0.25) is 0 Å². The Bertz CT molecular complexity index is 369. The number of rotatable bonds is 5. The van der Waals surface area contributed by atoms with E-state index in [1.165, 1.54) is 0 Å². The second-order valence-electron chi connectivity index (χ2n) is 3.26. The molecule has 1 heterocycles. The van der Waals surface area contributed by atoms with Crippen molar-refractivity contribution in [3.8, 4) is 0 Å². The van der Waals surface area contributed by atoms with Gasteiger partial charge >= 0.3 is 5.97 Å². The Morgan fingerprint density at radius 1 is 1.56 bits per heavy atom. The second-order valence-corrected chi connectivity index (χ2v) is 4.25. The van der Waals surface area contributed by atoms with E-state index in [9.17, 15) is 4.79 Å². The van der Waals surface area contributed by atoms with Crippen LogP contribution in [0.4, 0.5) is 0 Å². The van der Waals surface area contributed by atoms with Crippen molar-refractivity contribution in [2.24, 2.45) is 0 Å². The largest absolute Gasteiger partial charge is 0.461 e. The van der Waals surface area contributed by atoms with Crippen molar-refractivity contribution in [3.63, 3.8) is 0 Å². The number of hydrogen-bond donors (Lipinski definition) is 0. The first-order valence-corrected chi connectivity index (χ1v) is 6.57. The van der Waals surface area contributed by atoms with Crippen molar-refractivity contribution in [2.45, 2.75) is 20.3 Å². The summed E-state index contributed by atoms with van der Waals surface area (Å²) in [6.45, 7) is 4.19. The summed E-state index contributed by atoms with van der Waals surface area (Å²) < 4.78 is 5.11. The summed E-state index contributed by atoms with van der Waals surface area (Å²) in [5.74, 6) is 1.16. The van der Waals surface area contributed by atoms with E-state index in [1.54, 1.807) is 18.0 Å². The Labute approximate surface area is 99.8 Å². The molecular formula is C11H16N2O2S. The third kappa shape index (κ3) is 3.48. The fourth-order valence-electron chi connectivity index (χ4n) is 1.25. The van der Waals surface area contributed by atoms with Crippen LogP contribution in [0, 0.1) is 6.92 Å². The Morgan fingerprint density at radius 3 is 2.94 bits per heavy atom. The third-order valence-electron chi connectivity index (χ3n) is 2.06. The molecule has 1 rings (SSSR count). The van der Waals surface area contributed by atoms with Crippen LogP contribution in [0.15, 0.2) is 6.20 Å². The van der Waals surface area contributed by atoms with Crippen LogP contribution in [0.5, 0.6) is 0 Å². The van der Waals surface area contributed by atoms with E-state index in [4.69, 9.17) is 4.74 Å². The highest BCUT2D eigenvalue weighted by Gasteiger charge is 2.13. The molecule has 4 nitrogen and oxygen atoms in total. The molecule has 1 aromatic heterocycles. The molecule has 0 spiro atoms. The summed E-state index contributed by atoms with van der Waals surface area (Å²) >= 11 is 1.64. The maximum atomic E-state index is 11.7. The summed E-state index contributed by atoms with van der Waals surface area (Å²) in [6.07, 6.45) is 4.22. The van der Waals surface area contributed by atoms with Gasteiger partial charge in [0.05, 0.1) is 11.3 Å². The van der Waals surface area contributed by atoms with Crippen LogP contribution in [-0.2, 0) is 11.2 Å². The molecule has 0 unspecified atom stereocenters. The van der Waals surface area contributed by atoms with Gasteiger partial charge in [-0.05, 0) is 19.6 Å². The first kappa shape index (κ1) is 13.0. The van der Waals surface area contributed by atoms with Gasteiger partial charge in [-0.2, -0.15) is 11.8 Å². The van der Waals surface area contributed by atoms with E-state index in [2.05, 4.69) is 9.97 Å². The van der Waals surface area contributed by atoms with E-state index >= 15 is 0 Å². The van der Waals surface area contributed by atoms with Crippen LogP contribution in [-0.4, -0.2) is 34.6 Å². The standard InChI is InChI=1S/C11H16N2O2S/c1-4-10-9(7-12-8(2)13-10)11(14)15-5-6-16-3/h7H,4-6H2,1-3H3. The van der Waals surface area contributed by atoms with Gasteiger partial charge in [0.25, 0.3) is 0 Å². The first-order valence-electron chi connectivity index (χ1n) is 5.17. The monoisotopic (exact) mass is 240 g/mol. The van der Waals surface area contributed by atoms with Crippen LogP contribution in [0.1, 0.15) is 28.8 Å². The van der Waals surface area contributed by atoms with Crippen LogP contribution in [0.25, 0.3) is 0 Å². The highest BCUT2D eigenvalue weighted by atomic mass is 32.2. The van der Waals surface area contributed by atoms with Gasteiger partial charge in [0.1, 0.15) is 12.4 Å². The average molecular weight is 240 g/mol. The molecule has 0 N–H and O–H groups in total. The zero-order valence-electron chi connectivity index (χ0n) is 9.82. The average Bonchev–Trinajstić information content (AvgIpc) is 2.29. The van der Waals surface area contributed by atoms with Gasteiger partial charge in [-0.25, -0.2) is 14.8 Å². The van der Waals surface area contributed by atoms with E-state index in [0.29, 0.717) is 24.4 Å². The molecule has 0 atom stereocenters. The SMILES string of the molecule is CCc1nc(C)ncc1C(=O)OCCSC. The number of aromatic nitrogens is 2. The molecular weight excluding hydrogens is 224 g/mol. The van der Waals surface area contributed by atoms with Crippen molar-refractivity contribution in [2.75, 3.05) is 18.6 Å². The third-order valence-corrected chi connectivity index (χ3v) is 2.64. The highest BCUT2D eigenvalue weighted by Crippen LogP contribution is 2.08. The molecule has 0 aliphatic carbocycles. The predicted octanol–water partition coefficient (Wildman–Crippen LogP) is 1.87. The van der Waals surface area contributed by atoms with Crippen molar-refractivity contribution in [1.82, 2.24) is 9.97 Å². The van der Waals surface area contributed by atoms with Gasteiger partial charge < -0.3 is 4.74 Å². The summed E-state index contributed by atoms with van der Waals surface area (Å²) in [5.41, 5.74) is 1.23. The molecule has 0 saturated carbocycles. The zero-order chi connectivity index (χ0) is 12.0. The lowest BCUT2D eigenvalue weighted by molar-refractivity contribution is 0.0528. The molecule has 16 heavy (non-hydrogen) atoms. The second kappa shape index (κ2) is 6.48. The van der Waals surface area contributed by atoms with Gasteiger partial charge in [-0.1, -0.05) is 6.92 Å². The smallest absolute Gasteiger partial charge is 0.341 e. The minimum absolute atomic E-state index is 0.328. The number of ether oxygens (including phenoxy) is 1. The normalized spacial score (nSPS) is 10.2. The Morgan fingerprint density at radius 2 is 2.31 bits per heavy atom. The van der Waals surface area contributed by atoms with Gasteiger partial charge in [-0.3, -0.25) is 0 Å². The van der Waals surface area contributed by atoms with E-state index in [0.717, 1.165) is 11.4 Å². The van der Waals surface area contributed by atoms with E-state index in [-0.39, 0.29) is 5.97 Å². The number of thioether (sulfide) groups is 1. The van der Waals surface area contributed by atoms with Gasteiger partial charge in [0.15, 0.2) is 0 Å². The fourth-order valence-corrected chi connectivity index (χ4v) is 1.50. The Balaban J connectivity index is 2.74. The molecule has 0 radical (unpaired) electrons. The van der Waals surface area contributed by atoms with E-state index < -0.39 is 0 Å². The number of aryl methyl sites for hydroxylation is 2. The molecule has 0 amide bonds. The van der Waals surface area contributed by atoms with Crippen molar-refractivity contribution in [3.05, 3.63) is 23.3 Å². The molecule has 0 bridgehead atoms. The van der Waals surface area contributed by atoms with Crippen molar-refractivity contribution >= 4 is 17.7 Å². The molecule has 0 aliphatic rings. The van der Waals surface area contributed by atoms with Gasteiger partial charge in [-0.15, -0.1) is 0 Å². The molecule has 88 valence electrons. The molecule has 0 aromatic carbocycles. The van der Waals surface area contributed by atoms with Crippen LogP contribution in [0.2, 0.25) is 0 Å². The van der Waals surface area contributed by atoms with Crippen molar-refractivity contribution in [1.29, 1.82) is 0 Å². The number of carbonyl (C=O) groups is 1. The Kier molecular flexibility index (Phi) is 5.25. The van der Waals surface area contributed by atoms with Gasteiger partial charge in [0, 0.05) is 11.9 Å². The van der Waals surface area contributed by atoms with Crippen molar-refractivity contribution < 1.29 is 9.53 Å². The summed E-state index contributed by atoms with van der Waals surface area (Å²) in [6, 6.07) is 0. The summed E-state index contributed by atoms with van der Waals surface area (Å²) in [5, 5.41) is 0. The lowest BCUT2D eigenvalue weighted by Gasteiger charge is -2.07. The summed E-state index contributed by atoms with van der Waals surface area (Å²) in [4.78, 5) is 19.9. The number of esters is 1. The highest BCUT2D eigenvalue weighted by molar-refractivity contribution is 7.98. The molecule has 0 aliphatic heterocycles. The topological polar surface area (TPSA) is 52.1 Å². The number of nitrogens with zero attached hydrogens (tertiary/aromatic N) is 2. The molecule has 0 saturated heterocycles. The van der Waals surface area contributed by atoms with Crippen LogP contribution in [0.3, 0.4) is 0 Å². The van der Waals surface area contributed by atoms with E-state index in [1.807, 2.05) is 20.1 Å². The number of carbonyl (C=O) groups excluding carboxylic acids is 1. The van der Waals surface area contributed by atoms with Crippen LogP contribution >= 0.6 is 11.8 Å². The predicted molar refractivity (Wildman–Crippen MR) is 64.8 cm³/mol. The lowest BCUT2D eigenvalue weighted by atomic mass is 10.2. The zero-order valence-corrected chi connectivity index (χ0v) is 10.6. The summed E-state index contributed by atoms with van der Waals surface area (Å²) in [7, 11) is 0. The lowest BCUT2D eigenvalue weighted by Crippen LogP contribution is -2.12. The minimum Gasteiger partial charge on any atom is -0.461 e. The maximum absolute atomic E-state index is 11.7. The molecule has 5 heteroatoms. The van der Waals surface area contributed by atoms with Crippen LogP contribution < -0.4 is 0 Å². The molecule has 1 aromatic rings. The first-order chi connectivity index (χ1) is 7.69. The quantitative estimate of drug-likeness (QED) is 0.581. The maximum Gasteiger partial charge on any atom is 0.341 e. The Hall–Kier alpha value is -1.10. The minimum atomic E-state index is -0.328. The number of hydrogen-bond acceptors (Lipinski definition) is 5.